The fourth-order valence-corrected chi connectivity index (χ4v) is 5.01. The largest absolute Gasteiger partial charge is 0.472 e. The molecule has 4 nitrogen and oxygen atoms in total. The van der Waals surface area contributed by atoms with Crippen LogP contribution in [0.1, 0.15) is 50.7 Å². The van der Waals surface area contributed by atoms with Gasteiger partial charge in [0.15, 0.2) is 0 Å². The van der Waals surface area contributed by atoms with Crippen molar-refractivity contribution in [1.82, 2.24) is 9.55 Å². The summed E-state index contributed by atoms with van der Waals surface area (Å²) in [5.41, 5.74) is 9.86. The molecule has 3 aromatic carbocycles. The molecule has 3 heterocycles. The molecule has 0 aliphatic heterocycles. The van der Waals surface area contributed by atoms with E-state index in [1.807, 2.05) is 24.5 Å². The molecule has 0 atom stereocenters. The van der Waals surface area contributed by atoms with Crippen molar-refractivity contribution in [2.75, 3.05) is 0 Å². The van der Waals surface area contributed by atoms with Gasteiger partial charge in [0, 0.05) is 10.9 Å². The summed E-state index contributed by atoms with van der Waals surface area (Å²) in [4.78, 5) is 5.16. The second kappa shape index (κ2) is 8.31. The fraction of sp³-hybridized carbons (Fsp3) is 0.194. The molecular weight excluding hydrogens is 432 g/mol. The summed E-state index contributed by atoms with van der Waals surface area (Å²) in [6.07, 6.45) is 5.31. The van der Waals surface area contributed by atoms with E-state index in [1.165, 1.54) is 16.8 Å². The van der Waals surface area contributed by atoms with Gasteiger partial charge < -0.3 is 8.83 Å². The van der Waals surface area contributed by atoms with Crippen molar-refractivity contribution in [3.63, 3.8) is 0 Å². The monoisotopic (exact) mass is 460 g/mol. The maximum Gasteiger partial charge on any atom is 0.149 e. The molecule has 0 radical (unpaired) electrons. The van der Waals surface area contributed by atoms with Crippen LogP contribution in [0.2, 0.25) is 0 Å². The molecule has 174 valence electrons. The minimum Gasteiger partial charge on any atom is -0.472 e. The first-order valence-corrected chi connectivity index (χ1v) is 12.2. The molecule has 3 aromatic heterocycles. The van der Waals surface area contributed by atoms with Crippen LogP contribution in [0.15, 0.2) is 94.4 Å². The van der Waals surface area contributed by atoms with Gasteiger partial charge in [-0.25, -0.2) is 4.98 Å². The van der Waals surface area contributed by atoms with E-state index in [2.05, 4.69) is 80.8 Å². The van der Waals surface area contributed by atoms with E-state index in [4.69, 9.17) is 13.8 Å². The highest BCUT2D eigenvalue weighted by molar-refractivity contribution is 5.97. The zero-order valence-electron chi connectivity index (χ0n) is 20.4. The van der Waals surface area contributed by atoms with E-state index in [0.717, 1.165) is 44.5 Å². The van der Waals surface area contributed by atoms with Gasteiger partial charge in [0.25, 0.3) is 0 Å². The lowest BCUT2D eigenvalue weighted by atomic mass is 9.92. The minimum atomic E-state index is 0.367. The highest BCUT2D eigenvalue weighted by Gasteiger charge is 2.24. The summed E-state index contributed by atoms with van der Waals surface area (Å²) in [5, 5.41) is 1.04. The summed E-state index contributed by atoms with van der Waals surface area (Å²) in [6, 6.07) is 23.3. The van der Waals surface area contributed by atoms with Crippen LogP contribution < -0.4 is 0 Å². The second-order valence-electron chi connectivity index (χ2n) is 9.73. The molecule has 0 saturated heterocycles. The number of aromatic nitrogens is 2. The van der Waals surface area contributed by atoms with Crippen LogP contribution in [0.5, 0.6) is 0 Å². The van der Waals surface area contributed by atoms with Crippen LogP contribution in [-0.4, -0.2) is 9.55 Å². The van der Waals surface area contributed by atoms with Crippen molar-refractivity contribution in [2.45, 2.75) is 39.5 Å². The third-order valence-corrected chi connectivity index (χ3v) is 6.80. The quantitative estimate of drug-likeness (QED) is 0.258. The first-order chi connectivity index (χ1) is 17.0. The molecule has 0 spiro atoms. The molecule has 0 unspecified atom stereocenters. The van der Waals surface area contributed by atoms with E-state index < -0.39 is 0 Å². The standard InChI is InChI=1S/C31H28N2O2/c1-19(2)23-8-7-9-24(20(3)4)30(23)33-28-11-6-5-10-27(28)32-31(33)26-18-35-29-13-12-21(16-25(26)29)22-14-15-34-17-22/h5-20H,1-4H3. The topological polar surface area (TPSA) is 44.1 Å². The number of fused-ring (bicyclic) bond motifs is 2. The molecule has 4 heteroatoms. The number of rotatable bonds is 5. The van der Waals surface area contributed by atoms with E-state index in [9.17, 15) is 0 Å². The van der Waals surface area contributed by atoms with Crippen LogP contribution in [0, 0.1) is 0 Å². The molecule has 6 aromatic rings. The van der Waals surface area contributed by atoms with Crippen LogP contribution in [-0.2, 0) is 0 Å². The van der Waals surface area contributed by atoms with Crippen LogP contribution in [0.25, 0.3) is 50.2 Å². The average molecular weight is 461 g/mol. The van der Waals surface area contributed by atoms with E-state index >= 15 is 0 Å². The summed E-state index contributed by atoms with van der Waals surface area (Å²) < 4.78 is 13.7. The van der Waals surface area contributed by atoms with Gasteiger partial charge in [-0.15, -0.1) is 0 Å². The Morgan fingerprint density at radius 1 is 0.771 bits per heavy atom. The Kier molecular flexibility index (Phi) is 5.10. The van der Waals surface area contributed by atoms with E-state index in [0.29, 0.717) is 11.8 Å². The Morgan fingerprint density at radius 2 is 1.54 bits per heavy atom. The lowest BCUT2D eigenvalue weighted by Crippen LogP contribution is -2.08. The van der Waals surface area contributed by atoms with Crippen LogP contribution >= 0.6 is 0 Å². The molecule has 0 bridgehead atoms. The number of furan rings is 2. The zero-order chi connectivity index (χ0) is 24.1. The molecule has 0 fully saturated rings. The maximum absolute atomic E-state index is 6.04. The molecule has 0 saturated carbocycles. The highest BCUT2D eigenvalue weighted by Crippen LogP contribution is 2.40. The number of hydrogen-bond donors (Lipinski definition) is 0. The van der Waals surface area contributed by atoms with Gasteiger partial charge in [-0.2, -0.15) is 0 Å². The average Bonchev–Trinajstić information content (AvgIpc) is 3.61. The molecule has 0 amide bonds. The summed E-state index contributed by atoms with van der Waals surface area (Å²) in [5.74, 6) is 1.63. The van der Waals surface area contributed by atoms with Crippen molar-refractivity contribution >= 4 is 22.0 Å². The van der Waals surface area contributed by atoms with Crippen molar-refractivity contribution in [1.29, 1.82) is 0 Å². The van der Waals surface area contributed by atoms with Gasteiger partial charge in [-0.3, -0.25) is 4.57 Å². The summed E-state index contributed by atoms with van der Waals surface area (Å²) in [7, 11) is 0. The van der Waals surface area contributed by atoms with Crippen molar-refractivity contribution in [3.05, 3.63) is 96.6 Å². The third-order valence-electron chi connectivity index (χ3n) is 6.80. The highest BCUT2D eigenvalue weighted by atomic mass is 16.3. The Balaban J connectivity index is 1.69. The predicted octanol–water partition coefficient (Wildman–Crippen LogP) is 8.95. The zero-order valence-corrected chi connectivity index (χ0v) is 20.4. The lowest BCUT2D eigenvalue weighted by molar-refractivity contribution is 0.568. The molecule has 0 aliphatic carbocycles. The fourth-order valence-electron chi connectivity index (χ4n) is 5.01. The molecule has 0 N–H and O–H groups in total. The lowest BCUT2D eigenvalue weighted by Gasteiger charge is -2.22. The van der Waals surface area contributed by atoms with E-state index in [1.54, 1.807) is 12.5 Å². The normalized spacial score (nSPS) is 11.9. The van der Waals surface area contributed by atoms with Crippen LogP contribution in [0.4, 0.5) is 0 Å². The van der Waals surface area contributed by atoms with Gasteiger partial charge in [0.2, 0.25) is 0 Å². The van der Waals surface area contributed by atoms with Gasteiger partial charge in [-0.1, -0.05) is 64.1 Å². The van der Waals surface area contributed by atoms with E-state index in [-0.39, 0.29) is 0 Å². The summed E-state index contributed by atoms with van der Waals surface area (Å²) >= 11 is 0. The Hall–Kier alpha value is -4.05. The number of para-hydroxylation sites is 3. The minimum absolute atomic E-state index is 0.367. The second-order valence-corrected chi connectivity index (χ2v) is 9.73. The van der Waals surface area contributed by atoms with Crippen LogP contribution in [0.3, 0.4) is 0 Å². The van der Waals surface area contributed by atoms with Gasteiger partial charge >= 0.3 is 0 Å². The number of benzene rings is 3. The van der Waals surface area contributed by atoms with Crippen molar-refractivity contribution < 1.29 is 8.83 Å². The molecule has 35 heavy (non-hydrogen) atoms. The Morgan fingerprint density at radius 3 is 2.26 bits per heavy atom. The van der Waals surface area contributed by atoms with Gasteiger partial charge in [-0.05, 0) is 58.9 Å². The predicted molar refractivity (Wildman–Crippen MR) is 142 cm³/mol. The number of hydrogen-bond acceptors (Lipinski definition) is 3. The number of imidazole rings is 1. The summed E-state index contributed by atoms with van der Waals surface area (Å²) in [6.45, 7) is 9.02. The first kappa shape index (κ1) is 21.5. The van der Waals surface area contributed by atoms with Crippen molar-refractivity contribution in [2.24, 2.45) is 0 Å². The Labute approximate surface area is 204 Å². The van der Waals surface area contributed by atoms with Gasteiger partial charge in [0.1, 0.15) is 17.7 Å². The van der Waals surface area contributed by atoms with Crippen molar-refractivity contribution in [3.8, 4) is 28.2 Å². The number of nitrogens with zero attached hydrogens (tertiary/aromatic N) is 2. The molecule has 0 aliphatic rings. The Bertz CT molecular complexity index is 1620. The first-order valence-electron chi connectivity index (χ1n) is 12.2. The third kappa shape index (κ3) is 3.48. The molecular formula is C31H28N2O2. The van der Waals surface area contributed by atoms with Gasteiger partial charge in [0.05, 0.1) is 34.8 Å². The maximum atomic E-state index is 6.04. The SMILES string of the molecule is CC(C)c1cccc(C(C)C)c1-n1c(-c2coc3ccc(-c4ccoc4)cc23)nc2ccccc21. The smallest absolute Gasteiger partial charge is 0.149 e. The molecule has 6 rings (SSSR count).